The molecule has 27 heavy (non-hydrogen) atoms. The Morgan fingerprint density at radius 2 is 1.22 bits per heavy atom. The van der Waals surface area contributed by atoms with Crippen LogP contribution in [0.1, 0.15) is 69.4 Å². The quantitative estimate of drug-likeness (QED) is 0.335. The lowest BCUT2D eigenvalue weighted by Gasteiger charge is -2.35. The predicted molar refractivity (Wildman–Crippen MR) is 109 cm³/mol. The summed E-state index contributed by atoms with van der Waals surface area (Å²) in [5.41, 5.74) is 0.390. The lowest BCUT2D eigenvalue weighted by Crippen LogP contribution is -2.30. The summed E-state index contributed by atoms with van der Waals surface area (Å²) in [7, 11) is -4.69. The van der Waals surface area contributed by atoms with Crippen LogP contribution in [0.25, 0.3) is 0 Å². The van der Waals surface area contributed by atoms with E-state index in [9.17, 15) is 14.4 Å². The summed E-state index contributed by atoms with van der Waals surface area (Å²) < 4.78 is 17.4. The molecular formula is C22H31O4P. The molecule has 2 rings (SSSR count). The summed E-state index contributed by atoms with van der Waals surface area (Å²) in [6.45, 7) is 2.20. The molecule has 2 N–H and O–H groups in total. The maximum Gasteiger partial charge on any atom is 0.470 e. The van der Waals surface area contributed by atoms with Crippen LogP contribution < -0.4 is 0 Å². The van der Waals surface area contributed by atoms with Crippen LogP contribution in [0.2, 0.25) is 0 Å². The normalized spacial score (nSPS) is 12.3. The largest absolute Gasteiger partial charge is 0.470 e. The van der Waals surface area contributed by atoms with Gasteiger partial charge < -0.3 is 9.79 Å². The molecule has 148 valence electrons. The van der Waals surface area contributed by atoms with Crippen molar-refractivity contribution in [1.82, 2.24) is 0 Å². The van der Waals surface area contributed by atoms with Gasteiger partial charge in [0.1, 0.15) is 5.60 Å². The second kappa shape index (κ2) is 10.8. The molecule has 0 bridgehead atoms. The molecule has 0 amide bonds. The predicted octanol–water partition coefficient (Wildman–Crippen LogP) is 6.18. The second-order valence-corrected chi connectivity index (χ2v) is 8.18. The number of phosphoric acid groups is 1. The zero-order valence-corrected chi connectivity index (χ0v) is 17.0. The van der Waals surface area contributed by atoms with Crippen molar-refractivity contribution in [1.29, 1.82) is 0 Å². The van der Waals surface area contributed by atoms with E-state index >= 15 is 0 Å². The smallest absolute Gasteiger partial charge is 0.303 e. The monoisotopic (exact) mass is 390 g/mol. The molecule has 0 atom stereocenters. The van der Waals surface area contributed by atoms with Crippen molar-refractivity contribution in [3.05, 3.63) is 71.8 Å². The number of hydrogen-bond donors (Lipinski definition) is 2. The fraction of sp³-hybridized carbons (Fsp3) is 0.455. The van der Waals surface area contributed by atoms with Gasteiger partial charge in [-0.3, -0.25) is 4.52 Å². The van der Waals surface area contributed by atoms with Gasteiger partial charge in [-0.25, -0.2) is 4.57 Å². The molecule has 0 aliphatic rings. The van der Waals surface area contributed by atoms with Crippen LogP contribution in [-0.4, -0.2) is 9.79 Å². The van der Waals surface area contributed by atoms with E-state index in [1.807, 2.05) is 60.7 Å². The minimum Gasteiger partial charge on any atom is -0.303 e. The minimum absolute atomic E-state index is 0.528. The second-order valence-electron chi connectivity index (χ2n) is 7.01. The third-order valence-electron chi connectivity index (χ3n) is 4.89. The number of hydrogen-bond acceptors (Lipinski definition) is 2. The Hall–Kier alpha value is -1.45. The average molecular weight is 390 g/mol. The highest BCUT2D eigenvalue weighted by molar-refractivity contribution is 7.46. The van der Waals surface area contributed by atoms with E-state index in [2.05, 4.69) is 6.92 Å². The van der Waals surface area contributed by atoms with E-state index in [4.69, 9.17) is 4.52 Å². The molecule has 0 aliphatic heterocycles. The fourth-order valence-electron chi connectivity index (χ4n) is 3.56. The molecule has 0 saturated carbocycles. The third-order valence-corrected chi connectivity index (χ3v) is 5.44. The van der Waals surface area contributed by atoms with Gasteiger partial charge in [0.2, 0.25) is 0 Å². The van der Waals surface area contributed by atoms with Crippen LogP contribution in [0.3, 0.4) is 0 Å². The van der Waals surface area contributed by atoms with Crippen molar-refractivity contribution < 1.29 is 18.9 Å². The van der Waals surface area contributed by atoms with Crippen molar-refractivity contribution in [3.8, 4) is 0 Å². The molecule has 0 aliphatic carbocycles. The van der Waals surface area contributed by atoms with Crippen molar-refractivity contribution in [2.24, 2.45) is 0 Å². The molecule has 0 spiro atoms. The molecule has 0 fully saturated rings. The maximum atomic E-state index is 11.9. The van der Waals surface area contributed by atoms with Gasteiger partial charge in [0.25, 0.3) is 0 Å². The van der Waals surface area contributed by atoms with Crippen LogP contribution in [0.15, 0.2) is 60.7 Å². The molecule has 5 heteroatoms. The number of phosphoric ester groups is 1. The first kappa shape index (κ1) is 21.8. The van der Waals surface area contributed by atoms with Gasteiger partial charge in [-0.05, 0) is 24.0 Å². The van der Waals surface area contributed by atoms with E-state index in [1.54, 1.807) is 0 Å². The minimum atomic E-state index is -4.69. The van der Waals surface area contributed by atoms with Gasteiger partial charge in [-0.2, -0.15) is 0 Å². The van der Waals surface area contributed by atoms with Gasteiger partial charge in [-0.15, -0.1) is 0 Å². The summed E-state index contributed by atoms with van der Waals surface area (Å²) in [6.07, 6.45) is 8.47. The van der Waals surface area contributed by atoms with E-state index in [0.29, 0.717) is 6.42 Å². The first-order valence-electron chi connectivity index (χ1n) is 9.85. The van der Waals surface area contributed by atoms with Gasteiger partial charge in [0.15, 0.2) is 0 Å². The lowest BCUT2D eigenvalue weighted by atomic mass is 9.82. The zero-order chi connectivity index (χ0) is 19.6. The topological polar surface area (TPSA) is 66.8 Å². The number of unbranched alkanes of at least 4 members (excludes halogenated alkanes) is 6. The molecule has 0 unspecified atom stereocenters. The highest BCUT2D eigenvalue weighted by Crippen LogP contribution is 2.51. The fourth-order valence-corrected chi connectivity index (χ4v) is 4.26. The van der Waals surface area contributed by atoms with Crippen LogP contribution in [0.5, 0.6) is 0 Å². The molecule has 0 heterocycles. The SMILES string of the molecule is CCCCCCCCCC(OP(=O)(O)O)(c1ccccc1)c1ccccc1. The summed E-state index contributed by atoms with van der Waals surface area (Å²) in [5.74, 6) is 0. The molecule has 4 nitrogen and oxygen atoms in total. The van der Waals surface area contributed by atoms with Crippen LogP contribution in [-0.2, 0) is 14.7 Å². The van der Waals surface area contributed by atoms with E-state index in [0.717, 1.165) is 30.4 Å². The summed E-state index contributed by atoms with van der Waals surface area (Å²) >= 11 is 0. The Morgan fingerprint density at radius 3 is 1.67 bits per heavy atom. The molecule has 2 aromatic rings. The molecule has 0 aromatic heterocycles. The van der Waals surface area contributed by atoms with Crippen molar-refractivity contribution in [2.45, 2.75) is 63.9 Å². The van der Waals surface area contributed by atoms with Crippen molar-refractivity contribution >= 4 is 7.82 Å². The Morgan fingerprint density at radius 1 is 0.778 bits per heavy atom. The first-order chi connectivity index (χ1) is 13.0. The molecule has 0 saturated heterocycles. The highest BCUT2D eigenvalue weighted by atomic mass is 31.2. The van der Waals surface area contributed by atoms with Gasteiger partial charge in [0, 0.05) is 0 Å². The molecule has 2 aromatic carbocycles. The Kier molecular flexibility index (Phi) is 8.72. The Bertz CT molecular complexity index is 657. The van der Waals surface area contributed by atoms with E-state index in [-0.39, 0.29) is 0 Å². The van der Waals surface area contributed by atoms with Crippen LogP contribution in [0.4, 0.5) is 0 Å². The third kappa shape index (κ3) is 6.90. The highest BCUT2D eigenvalue weighted by Gasteiger charge is 2.40. The average Bonchev–Trinajstić information content (AvgIpc) is 2.67. The standard InChI is InChI=1S/C22H31O4P/c1-2-3-4-5-6-7-14-19-22(26-27(23,24)25,20-15-10-8-11-16-20)21-17-12-9-13-18-21/h8-13,15-18H,2-7,14,19H2,1H3,(H2,23,24,25). The lowest BCUT2D eigenvalue weighted by molar-refractivity contribution is 0.0551. The van der Waals surface area contributed by atoms with E-state index < -0.39 is 13.4 Å². The van der Waals surface area contributed by atoms with Crippen LogP contribution >= 0.6 is 7.82 Å². The number of rotatable bonds is 12. The first-order valence-corrected chi connectivity index (χ1v) is 11.4. The number of benzene rings is 2. The van der Waals surface area contributed by atoms with E-state index in [1.165, 1.54) is 25.7 Å². The summed E-state index contributed by atoms with van der Waals surface area (Å²) in [4.78, 5) is 19.3. The summed E-state index contributed by atoms with van der Waals surface area (Å²) in [5, 5.41) is 0. The van der Waals surface area contributed by atoms with Gasteiger partial charge >= 0.3 is 7.82 Å². The summed E-state index contributed by atoms with van der Waals surface area (Å²) in [6, 6.07) is 18.8. The Labute approximate surface area is 162 Å². The van der Waals surface area contributed by atoms with Gasteiger partial charge in [-0.1, -0.05) is 106 Å². The Balaban J connectivity index is 2.24. The molecule has 0 radical (unpaired) electrons. The molecular weight excluding hydrogens is 359 g/mol. The van der Waals surface area contributed by atoms with Crippen molar-refractivity contribution in [2.75, 3.05) is 0 Å². The zero-order valence-electron chi connectivity index (χ0n) is 16.1. The van der Waals surface area contributed by atoms with Crippen molar-refractivity contribution in [3.63, 3.8) is 0 Å². The maximum absolute atomic E-state index is 11.9. The van der Waals surface area contributed by atoms with Crippen LogP contribution in [0, 0.1) is 0 Å². The van der Waals surface area contributed by atoms with Gasteiger partial charge in [0.05, 0.1) is 0 Å².